The molecule has 13 heteroatoms. The van der Waals surface area contributed by atoms with Gasteiger partial charge in [-0.2, -0.15) is 13.2 Å². The maximum Gasteiger partial charge on any atom is 0.425 e. The van der Waals surface area contributed by atoms with Gasteiger partial charge in [-0.25, -0.2) is 9.59 Å². The summed E-state index contributed by atoms with van der Waals surface area (Å²) in [5, 5.41) is 5.57. The Balaban J connectivity index is 1.52. The predicted octanol–water partition coefficient (Wildman–Crippen LogP) is 5.07. The zero-order chi connectivity index (χ0) is 28.5. The highest BCUT2D eigenvalue weighted by Gasteiger charge is 2.40. The summed E-state index contributed by atoms with van der Waals surface area (Å²) in [5.41, 5.74) is 7.71. The first-order valence-corrected chi connectivity index (χ1v) is 14.7. The first kappa shape index (κ1) is 29.3. The van der Waals surface area contributed by atoms with Gasteiger partial charge in [0, 0.05) is 22.8 Å². The Morgan fingerprint density at radius 2 is 1.79 bits per heavy atom. The lowest BCUT2D eigenvalue weighted by molar-refractivity contribution is -0.135. The molecule has 0 saturated heterocycles. The molecule has 0 saturated carbocycles. The minimum Gasteiger partial charge on any atom is -0.462 e. The Bertz CT molecular complexity index is 1250. The quantitative estimate of drug-likeness (QED) is 0.392. The largest absolute Gasteiger partial charge is 0.462 e. The first-order chi connectivity index (χ1) is 18.4. The van der Waals surface area contributed by atoms with Crippen LogP contribution in [-0.4, -0.2) is 42.0 Å². The molecular weight excluding hydrogens is 553 g/mol. The highest BCUT2D eigenvalue weighted by atomic mass is 32.1. The van der Waals surface area contributed by atoms with Gasteiger partial charge in [-0.05, 0) is 61.6 Å². The number of nitrogens with two attached hydrogens (primary N) is 1. The molecule has 1 aliphatic carbocycles. The van der Waals surface area contributed by atoms with Gasteiger partial charge in [-0.15, -0.1) is 22.7 Å². The minimum atomic E-state index is -4.61. The van der Waals surface area contributed by atoms with Gasteiger partial charge in [0.15, 0.2) is 0 Å². The monoisotopic (exact) mass is 586 g/mol. The van der Waals surface area contributed by atoms with Crippen molar-refractivity contribution in [3.63, 3.8) is 0 Å². The van der Waals surface area contributed by atoms with E-state index in [4.69, 9.17) is 10.5 Å². The molecule has 1 aliphatic heterocycles. The fourth-order valence-corrected chi connectivity index (χ4v) is 7.48. The van der Waals surface area contributed by atoms with Gasteiger partial charge in [-0.3, -0.25) is 10.1 Å². The van der Waals surface area contributed by atoms with Crippen molar-refractivity contribution in [1.82, 2.24) is 10.2 Å². The van der Waals surface area contributed by atoms with Crippen LogP contribution in [0, 0.1) is 5.92 Å². The number of nitrogens with one attached hydrogen (secondary N) is 2. The topological polar surface area (TPSA) is 114 Å². The van der Waals surface area contributed by atoms with Crippen molar-refractivity contribution in [1.29, 1.82) is 0 Å². The fourth-order valence-electron chi connectivity index (χ4n) is 4.96. The second-order valence-corrected chi connectivity index (χ2v) is 12.2. The van der Waals surface area contributed by atoms with Crippen molar-refractivity contribution in [3.05, 3.63) is 36.9 Å². The number of amides is 3. The number of esters is 1. The molecular formula is C26H33F3N4O4S2. The van der Waals surface area contributed by atoms with Crippen LogP contribution >= 0.6 is 22.7 Å². The van der Waals surface area contributed by atoms with Gasteiger partial charge >= 0.3 is 18.2 Å². The highest BCUT2D eigenvalue weighted by Crippen LogP contribution is 2.43. The minimum absolute atomic E-state index is 0.00833. The number of hydrogen-bond acceptors (Lipinski definition) is 7. The zero-order valence-electron chi connectivity index (χ0n) is 22.1. The number of urea groups is 1. The average molecular weight is 587 g/mol. The van der Waals surface area contributed by atoms with Crippen LogP contribution in [0.2, 0.25) is 0 Å². The lowest BCUT2D eigenvalue weighted by Gasteiger charge is -2.30. The third-order valence-electron chi connectivity index (χ3n) is 7.04. The SMILES string of the molecule is CCOC(=O)c1c(NC(=O)NCc2c(C(F)(F)F)sc3c2CCN(C(=O)C(N)C(C)C)C3)sc2c1CCCC2. The number of ether oxygens (including phenoxy) is 1. The normalized spacial score (nSPS) is 15.9. The van der Waals surface area contributed by atoms with Gasteiger partial charge in [-0.1, -0.05) is 13.8 Å². The van der Waals surface area contributed by atoms with Crippen LogP contribution in [-0.2, 0) is 48.1 Å². The molecule has 3 amide bonds. The van der Waals surface area contributed by atoms with Gasteiger partial charge < -0.3 is 20.7 Å². The number of halogens is 3. The number of carbonyl (C=O) groups is 3. The Hall–Kier alpha value is -2.64. The molecule has 0 spiro atoms. The van der Waals surface area contributed by atoms with Crippen molar-refractivity contribution in [3.8, 4) is 0 Å². The van der Waals surface area contributed by atoms with Crippen LogP contribution in [0.4, 0.5) is 23.0 Å². The zero-order valence-corrected chi connectivity index (χ0v) is 23.8. The van der Waals surface area contributed by atoms with E-state index >= 15 is 0 Å². The standard InChI is InChI=1S/C26H33F3N4O4S2/c1-4-37-24(35)19-15-7-5-6-8-17(15)39-22(19)32-25(36)31-11-16-14-9-10-33(23(34)20(30)13(2)3)12-18(14)38-21(16)26(27,28)29/h13,20H,4-12,30H2,1-3H3,(H2,31,32,36). The van der Waals surface area contributed by atoms with Crippen LogP contribution in [0.3, 0.4) is 0 Å². The van der Waals surface area contributed by atoms with E-state index in [0.717, 1.165) is 29.7 Å². The number of nitrogens with zero attached hydrogens (tertiary/aromatic N) is 1. The summed E-state index contributed by atoms with van der Waals surface area (Å²) in [6, 6.07) is -1.43. The van der Waals surface area contributed by atoms with Gasteiger partial charge in [0.25, 0.3) is 0 Å². The Labute approximate surface area is 233 Å². The predicted molar refractivity (Wildman–Crippen MR) is 144 cm³/mol. The van der Waals surface area contributed by atoms with Crippen molar-refractivity contribution in [2.45, 2.75) is 78.2 Å². The number of rotatable bonds is 7. The number of thiophene rings is 2. The van der Waals surface area contributed by atoms with E-state index in [0.29, 0.717) is 38.8 Å². The lowest BCUT2D eigenvalue weighted by atomic mass is 9.95. The summed E-state index contributed by atoms with van der Waals surface area (Å²) in [6.07, 6.45) is -0.951. The van der Waals surface area contributed by atoms with Gasteiger partial charge in [0.2, 0.25) is 5.91 Å². The number of fused-ring (bicyclic) bond motifs is 2. The molecule has 1 unspecified atom stereocenters. The second-order valence-electron chi connectivity index (χ2n) is 10.0. The number of aryl methyl sites for hydroxylation is 1. The Morgan fingerprint density at radius 3 is 2.46 bits per heavy atom. The van der Waals surface area contributed by atoms with Crippen LogP contribution in [0.1, 0.15) is 75.3 Å². The average Bonchev–Trinajstić information content (AvgIpc) is 3.44. The Kier molecular flexibility index (Phi) is 8.91. The molecule has 2 aliphatic rings. The molecule has 2 aromatic rings. The molecule has 3 heterocycles. The van der Waals surface area contributed by atoms with E-state index in [2.05, 4.69) is 10.6 Å². The van der Waals surface area contributed by atoms with Crippen LogP contribution in [0.15, 0.2) is 0 Å². The number of anilines is 1. The number of alkyl halides is 3. The van der Waals surface area contributed by atoms with Crippen molar-refractivity contribution < 1.29 is 32.3 Å². The lowest BCUT2D eigenvalue weighted by Crippen LogP contribution is -2.48. The summed E-state index contributed by atoms with van der Waals surface area (Å²) in [5.74, 6) is -0.896. The van der Waals surface area contributed by atoms with Gasteiger partial charge in [0.1, 0.15) is 9.88 Å². The molecule has 0 aromatic carbocycles. The third kappa shape index (κ3) is 6.25. The van der Waals surface area contributed by atoms with Crippen molar-refractivity contribution >= 4 is 45.6 Å². The van der Waals surface area contributed by atoms with Gasteiger partial charge in [0.05, 0.1) is 24.8 Å². The number of hydrogen-bond donors (Lipinski definition) is 3. The van der Waals surface area contributed by atoms with E-state index < -0.39 is 29.1 Å². The smallest absolute Gasteiger partial charge is 0.425 e. The first-order valence-electron chi connectivity index (χ1n) is 13.0. The summed E-state index contributed by atoms with van der Waals surface area (Å²) < 4.78 is 47.1. The molecule has 4 rings (SSSR count). The number of carbonyl (C=O) groups excluding carboxylic acids is 3. The molecule has 214 valence electrons. The summed E-state index contributed by atoms with van der Waals surface area (Å²) in [4.78, 5) is 40.4. The van der Waals surface area contributed by atoms with E-state index in [9.17, 15) is 27.6 Å². The summed E-state index contributed by atoms with van der Waals surface area (Å²) >= 11 is 1.91. The van der Waals surface area contributed by atoms with Crippen LogP contribution < -0.4 is 16.4 Å². The highest BCUT2D eigenvalue weighted by molar-refractivity contribution is 7.17. The van der Waals surface area contributed by atoms with Crippen LogP contribution in [0.5, 0.6) is 0 Å². The molecule has 4 N–H and O–H groups in total. The molecule has 39 heavy (non-hydrogen) atoms. The van der Waals surface area contributed by atoms with Crippen molar-refractivity contribution in [2.75, 3.05) is 18.5 Å². The maximum absolute atomic E-state index is 14.0. The summed E-state index contributed by atoms with van der Waals surface area (Å²) in [7, 11) is 0. The maximum atomic E-state index is 14.0. The second kappa shape index (κ2) is 11.8. The summed E-state index contributed by atoms with van der Waals surface area (Å²) in [6.45, 7) is 5.49. The van der Waals surface area contributed by atoms with E-state index in [1.165, 1.54) is 16.2 Å². The van der Waals surface area contributed by atoms with E-state index in [1.807, 2.05) is 13.8 Å². The molecule has 0 radical (unpaired) electrons. The van der Waals surface area contributed by atoms with E-state index in [-0.39, 0.29) is 50.1 Å². The van der Waals surface area contributed by atoms with E-state index in [1.54, 1.807) is 6.92 Å². The Morgan fingerprint density at radius 1 is 1.08 bits per heavy atom. The van der Waals surface area contributed by atoms with Crippen molar-refractivity contribution in [2.24, 2.45) is 11.7 Å². The molecule has 8 nitrogen and oxygen atoms in total. The molecule has 0 bridgehead atoms. The molecule has 1 atom stereocenters. The van der Waals surface area contributed by atoms with Crippen LogP contribution in [0.25, 0.3) is 0 Å². The third-order valence-corrected chi connectivity index (χ3v) is 9.55. The molecule has 0 fully saturated rings. The fraction of sp³-hybridized carbons (Fsp3) is 0.577. The molecule has 2 aromatic heterocycles.